The third-order valence-corrected chi connectivity index (χ3v) is 6.79. The van der Waals surface area contributed by atoms with Crippen LogP contribution in [0.4, 0.5) is 0 Å². The number of piperazine rings is 1. The highest BCUT2D eigenvalue weighted by Gasteiger charge is 2.40. The maximum atomic E-state index is 11.4. The zero-order chi connectivity index (χ0) is 18.4. The molecule has 1 saturated carbocycles. The molecule has 152 valence electrons. The Labute approximate surface area is 161 Å². The third-order valence-electron chi connectivity index (χ3n) is 6.79. The lowest BCUT2D eigenvalue weighted by Crippen LogP contribution is -2.47. The van der Waals surface area contributed by atoms with Crippen LogP contribution in [0.3, 0.4) is 0 Å². The van der Waals surface area contributed by atoms with Crippen LogP contribution in [0.25, 0.3) is 0 Å². The van der Waals surface area contributed by atoms with Gasteiger partial charge in [-0.1, -0.05) is 13.8 Å². The molecule has 0 spiro atoms. The van der Waals surface area contributed by atoms with Gasteiger partial charge in [-0.15, -0.1) is 0 Å². The molecule has 0 radical (unpaired) electrons. The Morgan fingerprint density at radius 1 is 0.923 bits per heavy atom. The number of rotatable bonds is 9. The van der Waals surface area contributed by atoms with Crippen molar-refractivity contribution in [1.29, 1.82) is 0 Å². The maximum Gasteiger partial charge on any atom is 0.219 e. The summed E-state index contributed by atoms with van der Waals surface area (Å²) in [6, 6.07) is 0. The molecule has 2 heterocycles. The van der Waals surface area contributed by atoms with E-state index < -0.39 is 0 Å². The third kappa shape index (κ3) is 5.67. The van der Waals surface area contributed by atoms with Crippen LogP contribution >= 0.6 is 0 Å². The molecule has 0 aromatic rings. The van der Waals surface area contributed by atoms with Crippen molar-refractivity contribution in [3.63, 3.8) is 0 Å². The number of likely N-dealkylation sites (tertiary alicyclic amines) is 1. The fourth-order valence-corrected chi connectivity index (χ4v) is 5.33. The summed E-state index contributed by atoms with van der Waals surface area (Å²) in [6.45, 7) is 16.6. The number of hydrogen-bond acceptors (Lipinski definition) is 4. The predicted octanol–water partition coefficient (Wildman–Crippen LogP) is 2.13. The van der Waals surface area contributed by atoms with Crippen LogP contribution in [0, 0.1) is 17.8 Å². The predicted molar refractivity (Wildman–Crippen MR) is 109 cm³/mol. The summed E-state index contributed by atoms with van der Waals surface area (Å²) in [6.07, 6.45) is 5.86. The molecule has 1 amide bonds. The monoisotopic (exact) mass is 366 g/mol. The summed E-state index contributed by atoms with van der Waals surface area (Å²) in [5, 5.41) is 3.09. The van der Waals surface area contributed by atoms with Crippen LogP contribution in [0.15, 0.2) is 0 Å². The van der Waals surface area contributed by atoms with Crippen molar-refractivity contribution in [2.45, 2.75) is 46.0 Å². The minimum absolute atomic E-state index is 0. The first-order chi connectivity index (χ1) is 12.7. The Bertz CT molecular complexity index is 428. The minimum atomic E-state index is 0. The number of nitrogens with one attached hydrogen (secondary N) is 1. The number of amides is 1. The fourth-order valence-electron chi connectivity index (χ4n) is 5.33. The molecule has 3 aliphatic rings. The molecular weight excluding hydrogens is 324 g/mol. The summed E-state index contributed by atoms with van der Waals surface area (Å²) < 4.78 is 0. The molecule has 5 nitrogen and oxygen atoms in total. The van der Waals surface area contributed by atoms with E-state index in [9.17, 15) is 4.79 Å². The first-order valence-electron chi connectivity index (χ1n) is 11.1. The SMILES string of the molecule is CCCN1CCN(CCCN2CC3CC(CNC(=O)CC)CC3C2)CC1.[HH]. The van der Waals surface area contributed by atoms with Crippen LogP contribution in [-0.2, 0) is 4.79 Å². The van der Waals surface area contributed by atoms with Gasteiger partial charge in [0, 0.05) is 53.7 Å². The van der Waals surface area contributed by atoms with Crippen molar-refractivity contribution in [3.8, 4) is 0 Å². The quantitative estimate of drug-likeness (QED) is 0.679. The number of hydrogen-bond donors (Lipinski definition) is 1. The highest BCUT2D eigenvalue weighted by molar-refractivity contribution is 5.75. The molecule has 2 atom stereocenters. The Morgan fingerprint density at radius 3 is 2.08 bits per heavy atom. The molecule has 2 unspecified atom stereocenters. The Kier molecular flexibility index (Phi) is 7.77. The van der Waals surface area contributed by atoms with Crippen LogP contribution < -0.4 is 5.32 Å². The van der Waals surface area contributed by atoms with Crippen LogP contribution in [-0.4, -0.2) is 86.1 Å². The van der Waals surface area contributed by atoms with Crippen molar-refractivity contribution < 1.29 is 6.22 Å². The lowest BCUT2D eigenvalue weighted by atomic mass is 10.0. The summed E-state index contributed by atoms with van der Waals surface area (Å²) in [5.41, 5.74) is 0. The zero-order valence-corrected chi connectivity index (χ0v) is 17.1. The van der Waals surface area contributed by atoms with E-state index >= 15 is 0 Å². The zero-order valence-electron chi connectivity index (χ0n) is 17.1. The van der Waals surface area contributed by atoms with E-state index in [4.69, 9.17) is 0 Å². The van der Waals surface area contributed by atoms with Gasteiger partial charge in [-0.05, 0) is 63.1 Å². The smallest absolute Gasteiger partial charge is 0.219 e. The van der Waals surface area contributed by atoms with Crippen molar-refractivity contribution >= 4 is 5.91 Å². The van der Waals surface area contributed by atoms with Gasteiger partial charge in [-0.25, -0.2) is 0 Å². The summed E-state index contributed by atoms with van der Waals surface area (Å²) in [7, 11) is 0. The molecule has 3 rings (SSSR count). The summed E-state index contributed by atoms with van der Waals surface area (Å²) >= 11 is 0. The normalized spacial score (nSPS) is 30.6. The molecule has 0 bridgehead atoms. The van der Waals surface area contributed by atoms with E-state index in [1.54, 1.807) is 0 Å². The van der Waals surface area contributed by atoms with E-state index in [1.165, 1.54) is 84.6 Å². The second kappa shape index (κ2) is 10.0. The molecule has 1 aliphatic carbocycles. The van der Waals surface area contributed by atoms with Gasteiger partial charge in [0.1, 0.15) is 0 Å². The van der Waals surface area contributed by atoms with Crippen LogP contribution in [0.2, 0.25) is 0 Å². The number of carbonyl (C=O) groups is 1. The average molecular weight is 367 g/mol. The molecule has 3 fully saturated rings. The van der Waals surface area contributed by atoms with Crippen molar-refractivity contribution in [1.82, 2.24) is 20.0 Å². The molecule has 1 N–H and O–H groups in total. The van der Waals surface area contributed by atoms with Gasteiger partial charge in [0.2, 0.25) is 5.91 Å². The molecule has 26 heavy (non-hydrogen) atoms. The van der Waals surface area contributed by atoms with Gasteiger partial charge >= 0.3 is 0 Å². The number of carbonyl (C=O) groups excluding carboxylic acids is 1. The van der Waals surface area contributed by atoms with Crippen LogP contribution in [0.1, 0.15) is 47.4 Å². The first kappa shape index (κ1) is 20.1. The largest absolute Gasteiger partial charge is 0.356 e. The number of nitrogens with zero attached hydrogens (tertiary/aromatic N) is 3. The highest BCUT2D eigenvalue weighted by atomic mass is 16.1. The minimum Gasteiger partial charge on any atom is -0.356 e. The van der Waals surface area contributed by atoms with Gasteiger partial charge < -0.3 is 20.0 Å². The Morgan fingerprint density at radius 2 is 1.50 bits per heavy atom. The molecule has 2 saturated heterocycles. The Hall–Kier alpha value is -0.650. The molecule has 2 aliphatic heterocycles. The van der Waals surface area contributed by atoms with Gasteiger partial charge in [-0.3, -0.25) is 4.79 Å². The van der Waals surface area contributed by atoms with Gasteiger partial charge in [0.25, 0.3) is 0 Å². The first-order valence-corrected chi connectivity index (χ1v) is 11.1. The van der Waals surface area contributed by atoms with Crippen molar-refractivity contribution in [2.24, 2.45) is 17.8 Å². The van der Waals surface area contributed by atoms with E-state index in [2.05, 4.69) is 26.9 Å². The van der Waals surface area contributed by atoms with E-state index in [0.717, 1.165) is 24.3 Å². The van der Waals surface area contributed by atoms with Gasteiger partial charge in [0.05, 0.1) is 0 Å². The lowest BCUT2D eigenvalue weighted by Gasteiger charge is -2.34. The van der Waals surface area contributed by atoms with Gasteiger partial charge in [-0.2, -0.15) is 0 Å². The molecule has 5 heteroatoms. The van der Waals surface area contributed by atoms with E-state index in [1.807, 2.05) is 6.92 Å². The molecule has 0 aromatic carbocycles. The van der Waals surface area contributed by atoms with Gasteiger partial charge in [0.15, 0.2) is 0 Å². The van der Waals surface area contributed by atoms with E-state index in [0.29, 0.717) is 6.42 Å². The lowest BCUT2D eigenvalue weighted by molar-refractivity contribution is -0.120. The summed E-state index contributed by atoms with van der Waals surface area (Å²) in [4.78, 5) is 19.4. The number of fused-ring (bicyclic) bond motifs is 1. The molecular formula is C21H42N4O. The maximum absolute atomic E-state index is 11.4. The summed E-state index contributed by atoms with van der Waals surface area (Å²) in [5.74, 6) is 2.70. The highest BCUT2D eigenvalue weighted by Crippen LogP contribution is 2.41. The average Bonchev–Trinajstić information content (AvgIpc) is 3.19. The topological polar surface area (TPSA) is 38.8 Å². The molecule has 0 aromatic heterocycles. The fraction of sp³-hybridized carbons (Fsp3) is 0.952. The van der Waals surface area contributed by atoms with Crippen molar-refractivity contribution in [2.75, 3.05) is 65.4 Å². The van der Waals surface area contributed by atoms with Crippen molar-refractivity contribution in [3.05, 3.63) is 0 Å². The Balaban J connectivity index is 0.00000261. The van der Waals surface area contributed by atoms with Crippen LogP contribution in [0.5, 0.6) is 0 Å². The standard InChI is InChI=1S/C21H40N4O.H2/c1-3-6-23-9-11-24(12-10-23)7-5-8-25-16-19-13-18(14-20(19)17-25)15-22-21(26)4-2;/h18-20H,3-17H2,1-2H3,(H,22,26);1H. The van der Waals surface area contributed by atoms with E-state index in [-0.39, 0.29) is 7.33 Å². The second-order valence-electron chi connectivity index (χ2n) is 8.81. The second-order valence-corrected chi connectivity index (χ2v) is 8.81.